The van der Waals surface area contributed by atoms with Crippen LogP contribution in [0.4, 0.5) is 11.5 Å². The maximum Gasteiger partial charge on any atom is 0.255 e. The number of nitrogens with zero attached hydrogens (tertiary/aromatic N) is 1. The molecule has 1 amide bonds. The molecule has 1 aromatic carbocycles. The lowest BCUT2D eigenvalue weighted by Crippen LogP contribution is -2.18. The second kappa shape index (κ2) is 5.95. The van der Waals surface area contributed by atoms with Crippen molar-refractivity contribution < 1.29 is 4.79 Å². The van der Waals surface area contributed by atoms with Crippen LogP contribution in [0.3, 0.4) is 0 Å². The Balaban J connectivity index is 2.28. The van der Waals surface area contributed by atoms with Crippen molar-refractivity contribution in [2.75, 3.05) is 17.7 Å². The summed E-state index contributed by atoms with van der Waals surface area (Å²) >= 11 is 0. The molecule has 1 heterocycles. The first-order valence-corrected chi connectivity index (χ1v) is 6.96. The molecule has 0 aliphatic heterocycles. The monoisotopic (exact) mass is 283 g/mol. The van der Waals surface area contributed by atoms with Gasteiger partial charge in [0.2, 0.25) is 0 Å². The van der Waals surface area contributed by atoms with Crippen molar-refractivity contribution in [3.05, 3.63) is 53.7 Å². The van der Waals surface area contributed by atoms with E-state index in [-0.39, 0.29) is 11.3 Å². The summed E-state index contributed by atoms with van der Waals surface area (Å²) in [5.74, 6) is 0.539. The highest BCUT2D eigenvalue weighted by Gasteiger charge is 2.19. The van der Waals surface area contributed by atoms with Gasteiger partial charge in [0, 0.05) is 24.5 Å². The van der Waals surface area contributed by atoms with E-state index in [1.54, 1.807) is 25.4 Å². The standard InChI is InChI=1S/C17H21N3O/c1-17(2,3)13-7-5-6-8-14(13)20-16(21)12-9-10-19-15(11-12)18-4/h5-11H,1-4H3,(H,18,19)(H,20,21). The van der Waals surface area contributed by atoms with E-state index in [1.807, 2.05) is 24.3 Å². The topological polar surface area (TPSA) is 54.0 Å². The predicted molar refractivity (Wildman–Crippen MR) is 86.9 cm³/mol. The summed E-state index contributed by atoms with van der Waals surface area (Å²) in [7, 11) is 1.78. The van der Waals surface area contributed by atoms with Gasteiger partial charge in [-0.3, -0.25) is 4.79 Å². The Labute approximate surface area is 125 Å². The first-order chi connectivity index (χ1) is 9.91. The van der Waals surface area contributed by atoms with Crippen molar-refractivity contribution in [3.8, 4) is 0 Å². The van der Waals surface area contributed by atoms with Gasteiger partial charge in [-0.05, 0) is 29.2 Å². The Kier molecular flexibility index (Phi) is 4.26. The Hall–Kier alpha value is -2.36. The highest BCUT2D eigenvalue weighted by Crippen LogP contribution is 2.29. The summed E-state index contributed by atoms with van der Waals surface area (Å²) in [6.07, 6.45) is 1.62. The normalized spacial score (nSPS) is 11.0. The van der Waals surface area contributed by atoms with Crippen LogP contribution in [0.25, 0.3) is 0 Å². The number of anilines is 2. The molecule has 0 saturated carbocycles. The lowest BCUT2D eigenvalue weighted by molar-refractivity contribution is 0.102. The van der Waals surface area contributed by atoms with Gasteiger partial charge in [-0.2, -0.15) is 0 Å². The molecule has 0 aliphatic carbocycles. The van der Waals surface area contributed by atoms with Crippen molar-refractivity contribution in [1.82, 2.24) is 4.98 Å². The van der Waals surface area contributed by atoms with Crippen LogP contribution in [-0.2, 0) is 5.41 Å². The molecule has 21 heavy (non-hydrogen) atoms. The fourth-order valence-electron chi connectivity index (χ4n) is 2.15. The van der Waals surface area contributed by atoms with Crippen molar-refractivity contribution in [2.24, 2.45) is 0 Å². The summed E-state index contributed by atoms with van der Waals surface area (Å²) < 4.78 is 0. The minimum Gasteiger partial charge on any atom is -0.373 e. The van der Waals surface area contributed by atoms with E-state index in [0.717, 1.165) is 11.3 Å². The van der Waals surface area contributed by atoms with Crippen molar-refractivity contribution >= 4 is 17.4 Å². The van der Waals surface area contributed by atoms with Crippen LogP contribution in [0.1, 0.15) is 36.7 Å². The average molecular weight is 283 g/mol. The summed E-state index contributed by atoms with van der Waals surface area (Å²) in [5.41, 5.74) is 2.51. The van der Waals surface area contributed by atoms with Gasteiger partial charge >= 0.3 is 0 Å². The third-order valence-electron chi connectivity index (χ3n) is 3.26. The van der Waals surface area contributed by atoms with E-state index in [4.69, 9.17) is 0 Å². The molecule has 0 spiro atoms. The van der Waals surface area contributed by atoms with Crippen LogP contribution in [-0.4, -0.2) is 17.9 Å². The van der Waals surface area contributed by atoms with Crippen molar-refractivity contribution in [3.63, 3.8) is 0 Å². The molecule has 2 N–H and O–H groups in total. The maximum atomic E-state index is 12.4. The molecule has 0 bridgehead atoms. The van der Waals surface area contributed by atoms with Crippen LogP contribution >= 0.6 is 0 Å². The fraction of sp³-hybridized carbons (Fsp3) is 0.294. The van der Waals surface area contributed by atoms with E-state index < -0.39 is 0 Å². The van der Waals surface area contributed by atoms with Gasteiger partial charge in [0.25, 0.3) is 5.91 Å². The Morgan fingerprint density at radius 2 is 1.86 bits per heavy atom. The molecule has 2 rings (SSSR count). The van der Waals surface area contributed by atoms with E-state index in [9.17, 15) is 4.79 Å². The molecule has 0 radical (unpaired) electrons. The van der Waals surface area contributed by atoms with Crippen LogP contribution in [0.5, 0.6) is 0 Å². The molecule has 2 aromatic rings. The number of hydrogen-bond donors (Lipinski definition) is 2. The number of amides is 1. The Morgan fingerprint density at radius 3 is 2.52 bits per heavy atom. The van der Waals surface area contributed by atoms with Crippen molar-refractivity contribution in [2.45, 2.75) is 26.2 Å². The second-order valence-corrected chi connectivity index (χ2v) is 5.93. The van der Waals surface area contributed by atoms with Crippen LogP contribution in [0, 0.1) is 0 Å². The molecule has 0 saturated heterocycles. The largest absolute Gasteiger partial charge is 0.373 e. The number of nitrogens with one attached hydrogen (secondary N) is 2. The van der Waals surface area contributed by atoms with E-state index >= 15 is 0 Å². The van der Waals surface area contributed by atoms with Gasteiger partial charge in [0.05, 0.1) is 0 Å². The molecule has 110 valence electrons. The zero-order valence-corrected chi connectivity index (χ0v) is 12.9. The lowest BCUT2D eigenvalue weighted by Gasteiger charge is -2.23. The Morgan fingerprint density at radius 1 is 1.14 bits per heavy atom. The number of para-hydroxylation sites is 1. The van der Waals surface area contributed by atoms with Crippen molar-refractivity contribution in [1.29, 1.82) is 0 Å². The minimum atomic E-state index is -0.134. The minimum absolute atomic E-state index is 0.0295. The van der Waals surface area contributed by atoms with E-state index in [2.05, 4.69) is 36.4 Å². The molecule has 0 unspecified atom stereocenters. The SMILES string of the molecule is CNc1cc(C(=O)Nc2ccccc2C(C)(C)C)ccn1. The molecule has 0 aliphatic rings. The fourth-order valence-corrected chi connectivity index (χ4v) is 2.15. The Bertz CT molecular complexity index is 644. The third kappa shape index (κ3) is 3.60. The van der Waals surface area contributed by atoms with Gasteiger partial charge < -0.3 is 10.6 Å². The number of aromatic nitrogens is 1. The molecule has 0 atom stereocenters. The first-order valence-electron chi connectivity index (χ1n) is 6.96. The smallest absolute Gasteiger partial charge is 0.255 e. The van der Waals surface area contributed by atoms with E-state index in [0.29, 0.717) is 11.4 Å². The first kappa shape index (κ1) is 15.0. The van der Waals surface area contributed by atoms with Crippen LogP contribution in [0.2, 0.25) is 0 Å². The van der Waals surface area contributed by atoms with E-state index in [1.165, 1.54) is 0 Å². The van der Waals surface area contributed by atoms with Crippen LogP contribution in [0.15, 0.2) is 42.6 Å². The zero-order chi connectivity index (χ0) is 15.5. The summed E-state index contributed by atoms with van der Waals surface area (Å²) in [5, 5.41) is 5.92. The number of rotatable bonds is 3. The number of hydrogen-bond acceptors (Lipinski definition) is 3. The molecular formula is C17H21N3O. The lowest BCUT2D eigenvalue weighted by atomic mass is 9.86. The highest BCUT2D eigenvalue weighted by molar-refractivity contribution is 6.05. The highest BCUT2D eigenvalue weighted by atomic mass is 16.1. The number of carbonyl (C=O) groups is 1. The zero-order valence-electron chi connectivity index (χ0n) is 12.9. The summed E-state index contributed by atoms with van der Waals surface area (Å²) in [4.78, 5) is 16.5. The molecule has 4 nitrogen and oxygen atoms in total. The van der Waals surface area contributed by atoms with Crippen LogP contribution < -0.4 is 10.6 Å². The summed E-state index contributed by atoms with van der Waals surface area (Å²) in [6.45, 7) is 6.39. The maximum absolute atomic E-state index is 12.4. The van der Waals surface area contributed by atoms with Gasteiger partial charge in [0.15, 0.2) is 0 Å². The number of benzene rings is 1. The van der Waals surface area contributed by atoms with Gasteiger partial charge in [0.1, 0.15) is 5.82 Å². The van der Waals surface area contributed by atoms with Gasteiger partial charge in [-0.15, -0.1) is 0 Å². The number of carbonyl (C=O) groups excluding carboxylic acids is 1. The second-order valence-electron chi connectivity index (χ2n) is 5.93. The molecule has 0 fully saturated rings. The summed E-state index contributed by atoms with van der Waals surface area (Å²) in [6, 6.07) is 11.3. The van der Waals surface area contributed by atoms with Gasteiger partial charge in [-0.25, -0.2) is 4.98 Å². The third-order valence-corrected chi connectivity index (χ3v) is 3.26. The predicted octanol–water partition coefficient (Wildman–Crippen LogP) is 3.67. The number of pyridine rings is 1. The molecule has 4 heteroatoms. The van der Waals surface area contributed by atoms with Gasteiger partial charge in [-0.1, -0.05) is 39.0 Å². The molecular weight excluding hydrogens is 262 g/mol. The average Bonchev–Trinajstić information content (AvgIpc) is 2.46. The molecule has 1 aromatic heterocycles. The quantitative estimate of drug-likeness (QED) is 0.903.